The van der Waals surface area contributed by atoms with E-state index in [1.165, 1.54) is 327 Å². The van der Waals surface area contributed by atoms with Crippen molar-refractivity contribution < 1.29 is 20.1 Å². The molecule has 0 spiro atoms. The number of hydrogen-bond acceptors (Lipinski definition) is 4. The molecule has 0 rings (SSSR count). The van der Waals surface area contributed by atoms with Gasteiger partial charge in [-0.3, -0.25) is 4.79 Å². The number of allylic oxidation sites excluding steroid dienone is 2. The maximum Gasteiger partial charge on any atom is 0.249 e. The van der Waals surface area contributed by atoms with Crippen LogP contribution in [0.15, 0.2) is 12.2 Å². The Hall–Kier alpha value is -0.910. The molecular weight excluding hydrogens is 883 g/mol. The van der Waals surface area contributed by atoms with E-state index in [1.807, 2.05) is 0 Å². The Morgan fingerprint density at radius 3 is 0.764 bits per heavy atom. The molecule has 1 amide bonds. The van der Waals surface area contributed by atoms with Gasteiger partial charge in [-0.1, -0.05) is 360 Å². The molecule has 3 unspecified atom stereocenters. The van der Waals surface area contributed by atoms with Crippen LogP contribution in [0.4, 0.5) is 0 Å². The topological polar surface area (TPSA) is 89.8 Å². The molecule has 0 aliphatic rings. The second-order valence-electron chi connectivity index (χ2n) is 23.4. The van der Waals surface area contributed by atoms with Crippen molar-refractivity contribution in [1.82, 2.24) is 5.32 Å². The highest BCUT2D eigenvalue weighted by Gasteiger charge is 2.23. The minimum atomic E-state index is -1.07. The molecule has 0 aromatic heterocycles. The van der Waals surface area contributed by atoms with Gasteiger partial charge < -0.3 is 20.6 Å². The summed E-state index contributed by atoms with van der Waals surface area (Å²) >= 11 is 0. The van der Waals surface area contributed by atoms with Crippen LogP contribution in [0.1, 0.15) is 386 Å². The number of nitrogens with one attached hydrogen (secondary N) is 1. The smallest absolute Gasteiger partial charge is 0.249 e. The fourth-order valence-electron chi connectivity index (χ4n) is 11.0. The maximum atomic E-state index is 12.6. The van der Waals surface area contributed by atoms with Gasteiger partial charge >= 0.3 is 0 Å². The van der Waals surface area contributed by atoms with E-state index in [9.17, 15) is 20.1 Å². The van der Waals surface area contributed by atoms with Gasteiger partial charge in [-0.25, -0.2) is 0 Å². The van der Waals surface area contributed by atoms with Gasteiger partial charge in [0.05, 0.1) is 18.8 Å². The highest BCUT2D eigenvalue weighted by molar-refractivity contribution is 5.80. The third-order valence-electron chi connectivity index (χ3n) is 16.1. The first-order valence-corrected chi connectivity index (χ1v) is 33.5. The van der Waals surface area contributed by atoms with Crippen LogP contribution < -0.4 is 5.32 Å². The van der Waals surface area contributed by atoms with Crippen molar-refractivity contribution in [2.45, 2.75) is 405 Å². The zero-order valence-corrected chi connectivity index (χ0v) is 49.4. The number of rotatable bonds is 63. The van der Waals surface area contributed by atoms with Gasteiger partial charge in [0.2, 0.25) is 5.91 Å². The van der Waals surface area contributed by atoms with E-state index in [-0.39, 0.29) is 6.61 Å². The summed E-state index contributed by atoms with van der Waals surface area (Å²) in [7, 11) is 0. The molecule has 4 N–H and O–H groups in total. The van der Waals surface area contributed by atoms with Crippen LogP contribution in [0.2, 0.25) is 0 Å². The summed E-state index contributed by atoms with van der Waals surface area (Å²) in [6.07, 6.45) is 80.2. The van der Waals surface area contributed by atoms with Gasteiger partial charge in [0.15, 0.2) is 0 Å². The van der Waals surface area contributed by atoms with E-state index < -0.39 is 24.2 Å². The summed E-state index contributed by atoms with van der Waals surface area (Å²) in [5.41, 5.74) is 0. The van der Waals surface area contributed by atoms with E-state index in [2.05, 4.69) is 31.3 Å². The number of amides is 1. The molecule has 3 atom stereocenters. The normalized spacial score (nSPS) is 13.1. The Morgan fingerprint density at radius 2 is 0.528 bits per heavy atom. The second-order valence-corrected chi connectivity index (χ2v) is 23.4. The Morgan fingerprint density at radius 1 is 0.319 bits per heavy atom. The van der Waals surface area contributed by atoms with Crippen LogP contribution in [-0.2, 0) is 4.79 Å². The number of carbonyl (C=O) groups is 1. The first kappa shape index (κ1) is 71.1. The third-order valence-corrected chi connectivity index (χ3v) is 16.1. The summed E-state index contributed by atoms with van der Waals surface area (Å²) < 4.78 is 0. The fourth-order valence-corrected chi connectivity index (χ4v) is 11.0. The molecule has 0 saturated carbocycles. The molecule has 0 aliphatic heterocycles. The molecule has 0 fully saturated rings. The van der Waals surface area contributed by atoms with Crippen molar-refractivity contribution in [3.63, 3.8) is 0 Å². The van der Waals surface area contributed by atoms with Crippen molar-refractivity contribution in [2.24, 2.45) is 0 Å². The van der Waals surface area contributed by atoms with Gasteiger partial charge in [0.1, 0.15) is 6.10 Å². The first-order valence-electron chi connectivity index (χ1n) is 33.5. The summed E-state index contributed by atoms with van der Waals surface area (Å²) in [5, 5.41) is 33.7. The summed E-state index contributed by atoms with van der Waals surface area (Å²) in [5.74, 6) is -0.462. The van der Waals surface area contributed by atoms with Crippen LogP contribution >= 0.6 is 0 Å². The molecule has 5 nitrogen and oxygen atoms in total. The van der Waals surface area contributed by atoms with E-state index >= 15 is 0 Å². The lowest BCUT2D eigenvalue weighted by Crippen LogP contribution is -2.49. The van der Waals surface area contributed by atoms with Gasteiger partial charge in [0, 0.05) is 0 Å². The van der Waals surface area contributed by atoms with Crippen molar-refractivity contribution in [3.8, 4) is 0 Å². The molecule has 0 heterocycles. The van der Waals surface area contributed by atoms with Crippen molar-refractivity contribution in [3.05, 3.63) is 12.2 Å². The molecule has 0 aliphatic carbocycles. The van der Waals surface area contributed by atoms with Gasteiger partial charge in [-0.2, -0.15) is 0 Å². The van der Waals surface area contributed by atoms with E-state index in [0.29, 0.717) is 12.8 Å². The minimum absolute atomic E-state index is 0.308. The van der Waals surface area contributed by atoms with Gasteiger partial charge in [0.25, 0.3) is 0 Å². The van der Waals surface area contributed by atoms with E-state index in [1.54, 1.807) is 0 Å². The van der Waals surface area contributed by atoms with E-state index in [4.69, 9.17) is 0 Å². The van der Waals surface area contributed by atoms with Gasteiger partial charge in [-0.05, 0) is 38.5 Å². The molecule has 0 aromatic rings. The molecule has 430 valence electrons. The standard InChI is InChI=1S/C67H133NO4/c1-3-5-7-9-11-13-15-17-19-21-23-25-27-29-30-31-32-33-34-35-36-37-38-40-42-44-46-48-50-52-54-56-58-60-62-66(71)67(72)68-64(63-69)65(70)61-59-57-55-53-51-49-47-45-43-41-39-28-26-24-22-20-18-16-14-12-10-8-6-4-2/h31-32,64-66,69-71H,3-30,33-63H2,1-2H3,(H,68,72)/b32-31-. The fraction of sp³-hybridized carbons (Fsp3) is 0.955. The highest BCUT2D eigenvalue weighted by Crippen LogP contribution is 2.19. The zero-order valence-electron chi connectivity index (χ0n) is 49.4. The monoisotopic (exact) mass is 1020 g/mol. The first-order chi connectivity index (χ1) is 35.6. The minimum Gasteiger partial charge on any atom is -0.394 e. The highest BCUT2D eigenvalue weighted by atomic mass is 16.3. The molecule has 0 saturated heterocycles. The Kier molecular flexibility index (Phi) is 61.8. The lowest BCUT2D eigenvalue weighted by molar-refractivity contribution is -0.131. The summed E-state index contributed by atoms with van der Waals surface area (Å²) in [6, 6.07) is -0.710. The Balaban J connectivity index is 3.45. The van der Waals surface area contributed by atoms with E-state index in [0.717, 1.165) is 32.1 Å². The molecular formula is C67H133NO4. The number of carbonyl (C=O) groups excluding carboxylic acids is 1. The van der Waals surface area contributed by atoms with Crippen LogP contribution in [0, 0.1) is 0 Å². The summed E-state index contributed by atoms with van der Waals surface area (Å²) in [6.45, 7) is 4.29. The largest absolute Gasteiger partial charge is 0.394 e. The van der Waals surface area contributed by atoms with Crippen LogP contribution in [0.5, 0.6) is 0 Å². The predicted octanol–water partition coefficient (Wildman–Crippen LogP) is 21.4. The second kappa shape index (κ2) is 62.6. The Labute approximate surface area is 452 Å². The quantitative estimate of drug-likeness (QED) is 0.0361. The number of unbranched alkanes of at least 4 members (excludes halogenated alkanes) is 53. The number of hydrogen-bond donors (Lipinski definition) is 4. The van der Waals surface area contributed by atoms with Crippen molar-refractivity contribution >= 4 is 5.91 Å². The van der Waals surface area contributed by atoms with Crippen molar-refractivity contribution in [1.29, 1.82) is 0 Å². The lowest BCUT2D eigenvalue weighted by Gasteiger charge is -2.23. The van der Waals surface area contributed by atoms with Crippen LogP contribution in [0.25, 0.3) is 0 Å². The van der Waals surface area contributed by atoms with Crippen LogP contribution in [-0.4, -0.2) is 46.1 Å². The average Bonchev–Trinajstić information content (AvgIpc) is 3.39. The zero-order chi connectivity index (χ0) is 52.2. The average molecular weight is 1020 g/mol. The number of aliphatic hydroxyl groups is 3. The van der Waals surface area contributed by atoms with Gasteiger partial charge in [-0.15, -0.1) is 0 Å². The SMILES string of the molecule is CCCCCCCCCCCCCCCC/C=C\CCCCCCCCCCCCCCCCCCC(O)C(=O)NC(CO)C(O)CCCCCCCCCCCCCCCCCCCCCCCCCC. The maximum absolute atomic E-state index is 12.6. The molecule has 0 radical (unpaired) electrons. The number of aliphatic hydroxyl groups excluding tert-OH is 3. The van der Waals surface area contributed by atoms with Crippen molar-refractivity contribution in [2.75, 3.05) is 6.61 Å². The molecule has 0 aromatic carbocycles. The Bertz CT molecular complexity index is 1030. The summed E-state index contributed by atoms with van der Waals surface area (Å²) in [4.78, 5) is 12.6. The molecule has 5 heteroatoms. The van der Waals surface area contributed by atoms with Crippen LogP contribution in [0.3, 0.4) is 0 Å². The predicted molar refractivity (Wildman–Crippen MR) is 319 cm³/mol. The molecule has 72 heavy (non-hydrogen) atoms. The molecule has 0 bridgehead atoms. The third kappa shape index (κ3) is 56.8. The lowest BCUT2D eigenvalue weighted by atomic mass is 10.0.